The summed E-state index contributed by atoms with van der Waals surface area (Å²) in [5.74, 6) is -0.251. The van der Waals surface area contributed by atoms with Crippen molar-refractivity contribution in [2.45, 2.75) is 24.7 Å². The summed E-state index contributed by atoms with van der Waals surface area (Å²) < 4.78 is 0. The van der Waals surface area contributed by atoms with Gasteiger partial charge in [-0.15, -0.1) is 11.3 Å². The fraction of sp³-hybridized carbons (Fsp3) is 0.429. The average Bonchev–Trinajstić information content (AvgIpc) is 3.45. The molecule has 2 fully saturated rings. The summed E-state index contributed by atoms with van der Waals surface area (Å²) >= 11 is 1.41. The van der Waals surface area contributed by atoms with Crippen LogP contribution in [0.25, 0.3) is 0 Å². The number of likely N-dealkylation sites (N-methyl/N-ethyl adjacent to an activating group) is 1. The van der Waals surface area contributed by atoms with Gasteiger partial charge in [-0.3, -0.25) is 19.3 Å². The van der Waals surface area contributed by atoms with Crippen LogP contribution in [0.2, 0.25) is 0 Å². The van der Waals surface area contributed by atoms with Crippen molar-refractivity contribution in [2.24, 2.45) is 5.92 Å². The zero-order valence-electron chi connectivity index (χ0n) is 16.2. The zero-order chi connectivity index (χ0) is 20.2. The Hall–Kier alpha value is -2.74. The third-order valence-electron chi connectivity index (χ3n) is 6.55. The molecule has 0 radical (unpaired) electrons. The summed E-state index contributed by atoms with van der Waals surface area (Å²) in [4.78, 5) is 47.9. The highest BCUT2D eigenvalue weighted by molar-refractivity contribution is 7.13. The van der Waals surface area contributed by atoms with Crippen LogP contribution in [0.4, 0.5) is 10.8 Å². The van der Waals surface area contributed by atoms with Gasteiger partial charge >= 0.3 is 0 Å². The van der Waals surface area contributed by atoms with E-state index in [1.165, 1.54) is 11.3 Å². The van der Waals surface area contributed by atoms with Crippen LogP contribution in [0.5, 0.6) is 0 Å². The number of benzene rings is 1. The van der Waals surface area contributed by atoms with Crippen molar-refractivity contribution in [3.05, 3.63) is 41.4 Å². The van der Waals surface area contributed by atoms with E-state index < -0.39 is 5.41 Å². The second-order valence-corrected chi connectivity index (χ2v) is 8.88. The second-order valence-electron chi connectivity index (χ2n) is 8.01. The first kappa shape index (κ1) is 18.3. The smallest absolute Gasteiger partial charge is 0.237 e. The Labute approximate surface area is 172 Å². The molecular weight excluding hydrogens is 388 g/mol. The van der Waals surface area contributed by atoms with Gasteiger partial charge in [-0.05, 0) is 24.5 Å². The van der Waals surface area contributed by atoms with Gasteiger partial charge in [0.15, 0.2) is 5.13 Å². The van der Waals surface area contributed by atoms with Crippen molar-refractivity contribution in [3.8, 4) is 0 Å². The monoisotopic (exact) mass is 410 g/mol. The topological polar surface area (TPSA) is 73.8 Å². The lowest BCUT2D eigenvalue weighted by molar-refractivity contribution is -0.139. The highest BCUT2D eigenvalue weighted by atomic mass is 32.1. The van der Waals surface area contributed by atoms with Gasteiger partial charge in [-0.1, -0.05) is 18.2 Å². The molecule has 1 aromatic carbocycles. The predicted molar refractivity (Wildman–Crippen MR) is 110 cm³/mol. The molecule has 3 aliphatic heterocycles. The Bertz CT molecular complexity index is 982. The van der Waals surface area contributed by atoms with Crippen molar-refractivity contribution in [3.63, 3.8) is 0 Å². The maximum Gasteiger partial charge on any atom is 0.237 e. The average molecular weight is 410 g/mol. The summed E-state index contributed by atoms with van der Waals surface area (Å²) in [5.41, 5.74) is 1.52. The molecule has 1 aromatic heterocycles. The molecule has 0 N–H and O–H groups in total. The van der Waals surface area contributed by atoms with E-state index in [2.05, 4.69) is 4.98 Å². The number of nitrogens with zero attached hydrogens (tertiary/aromatic N) is 4. The van der Waals surface area contributed by atoms with Crippen LogP contribution in [0.15, 0.2) is 35.8 Å². The van der Waals surface area contributed by atoms with E-state index in [-0.39, 0.29) is 30.1 Å². The molecule has 7 nitrogen and oxygen atoms in total. The van der Waals surface area contributed by atoms with E-state index in [0.29, 0.717) is 37.6 Å². The number of hydrogen-bond acceptors (Lipinski definition) is 5. The molecule has 2 aromatic rings. The van der Waals surface area contributed by atoms with Gasteiger partial charge in [0.25, 0.3) is 0 Å². The number of rotatable bonds is 2. The van der Waals surface area contributed by atoms with Gasteiger partial charge in [-0.25, -0.2) is 4.98 Å². The quantitative estimate of drug-likeness (QED) is 0.759. The van der Waals surface area contributed by atoms with E-state index in [1.807, 2.05) is 41.6 Å². The molecule has 4 heterocycles. The molecule has 3 aliphatic rings. The Morgan fingerprint density at radius 3 is 2.69 bits per heavy atom. The Balaban J connectivity index is 1.30. The van der Waals surface area contributed by atoms with Crippen LogP contribution < -0.4 is 9.80 Å². The molecule has 150 valence electrons. The van der Waals surface area contributed by atoms with Crippen LogP contribution in [0.3, 0.4) is 0 Å². The number of aromatic nitrogens is 1. The molecule has 1 unspecified atom stereocenters. The number of piperidine rings is 1. The number of para-hydroxylation sites is 1. The largest absolute Gasteiger partial charge is 0.342 e. The minimum Gasteiger partial charge on any atom is -0.342 e. The molecule has 1 spiro atoms. The number of hydrogen-bond donors (Lipinski definition) is 0. The Morgan fingerprint density at radius 1 is 1.21 bits per heavy atom. The fourth-order valence-corrected chi connectivity index (χ4v) is 5.64. The van der Waals surface area contributed by atoms with Gasteiger partial charge in [0.2, 0.25) is 17.7 Å². The first-order chi connectivity index (χ1) is 14.0. The number of thiazole rings is 1. The molecule has 1 atom stereocenters. The van der Waals surface area contributed by atoms with Crippen molar-refractivity contribution in [2.75, 3.05) is 36.5 Å². The molecule has 29 heavy (non-hydrogen) atoms. The number of fused-ring (bicyclic) bond motifs is 2. The van der Waals surface area contributed by atoms with E-state index in [1.54, 1.807) is 16.0 Å². The lowest BCUT2D eigenvalue weighted by atomic mass is 9.73. The van der Waals surface area contributed by atoms with Gasteiger partial charge in [-0.2, -0.15) is 0 Å². The van der Waals surface area contributed by atoms with E-state index in [9.17, 15) is 14.4 Å². The predicted octanol–water partition coefficient (Wildman–Crippen LogP) is 2.03. The summed E-state index contributed by atoms with van der Waals surface area (Å²) in [6.07, 6.45) is 3.14. The van der Waals surface area contributed by atoms with Crippen LogP contribution in [0.1, 0.15) is 24.8 Å². The highest BCUT2D eigenvalue weighted by Gasteiger charge is 2.51. The van der Waals surface area contributed by atoms with Crippen molar-refractivity contribution < 1.29 is 14.4 Å². The van der Waals surface area contributed by atoms with Gasteiger partial charge < -0.3 is 9.80 Å². The van der Waals surface area contributed by atoms with Crippen LogP contribution in [0, 0.1) is 5.92 Å². The lowest BCUT2D eigenvalue weighted by Gasteiger charge is -2.39. The minimum atomic E-state index is -0.527. The third kappa shape index (κ3) is 2.69. The number of anilines is 2. The summed E-state index contributed by atoms with van der Waals surface area (Å²) in [6.45, 7) is 1.46. The summed E-state index contributed by atoms with van der Waals surface area (Å²) in [7, 11) is 1.82. The molecule has 2 saturated heterocycles. The van der Waals surface area contributed by atoms with E-state index in [4.69, 9.17) is 0 Å². The standard InChI is InChI=1S/C21H22N4O3S/c1-23-16-5-3-2-4-15(16)21(19(23)28)6-9-24(10-7-21)18(27)14-12-17(26)25(13-14)20-22-8-11-29-20/h2-5,8,11,14H,6-7,9-10,12-13H2,1H3. The van der Waals surface area contributed by atoms with Gasteiger partial charge in [0.1, 0.15) is 0 Å². The molecule has 0 saturated carbocycles. The van der Waals surface area contributed by atoms with Crippen LogP contribution in [-0.4, -0.2) is 54.3 Å². The zero-order valence-corrected chi connectivity index (χ0v) is 17.0. The minimum absolute atomic E-state index is 0.0133. The molecule has 5 rings (SSSR count). The normalized spacial score (nSPS) is 23.2. The molecule has 0 aliphatic carbocycles. The summed E-state index contributed by atoms with van der Waals surface area (Å²) in [6, 6.07) is 7.94. The number of carbonyl (C=O) groups is 3. The van der Waals surface area contributed by atoms with Crippen molar-refractivity contribution in [1.82, 2.24) is 9.88 Å². The molecule has 8 heteroatoms. The van der Waals surface area contributed by atoms with E-state index in [0.717, 1.165) is 11.3 Å². The van der Waals surface area contributed by atoms with Crippen LogP contribution in [-0.2, 0) is 19.8 Å². The molecule has 3 amide bonds. The SMILES string of the molecule is CN1C(=O)C2(CCN(C(=O)C3CC(=O)N(c4nccs4)C3)CC2)c2ccccc21. The first-order valence-electron chi connectivity index (χ1n) is 9.87. The van der Waals surface area contributed by atoms with Crippen molar-refractivity contribution >= 4 is 39.9 Å². The maximum atomic E-state index is 13.1. The Morgan fingerprint density at radius 2 is 1.97 bits per heavy atom. The van der Waals surface area contributed by atoms with Crippen molar-refractivity contribution in [1.29, 1.82) is 0 Å². The first-order valence-corrected chi connectivity index (χ1v) is 10.8. The number of carbonyl (C=O) groups excluding carboxylic acids is 3. The van der Waals surface area contributed by atoms with Gasteiger partial charge in [0.05, 0.1) is 11.3 Å². The number of likely N-dealkylation sites (tertiary alicyclic amines) is 1. The third-order valence-corrected chi connectivity index (χ3v) is 7.34. The van der Waals surface area contributed by atoms with E-state index >= 15 is 0 Å². The summed E-state index contributed by atoms with van der Waals surface area (Å²) in [5, 5.41) is 2.48. The molecule has 0 bridgehead atoms. The number of amides is 3. The lowest BCUT2D eigenvalue weighted by Crippen LogP contribution is -2.51. The highest BCUT2D eigenvalue weighted by Crippen LogP contribution is 2.47. The van der Waals surface area contributed by atoms with Gasteiger partial charge in [0, 0.05) is 50.4 Å². The fourth-order valence-electron chi connectivity index (χ4n) is 4.97. The maximum absolute atomic E-state index is 13.1. The Kier molecular flexibility index (Phi) is 4.20. The van der Waals surface area contributed by atoms with Crippen LogP contribution >= 0.6 is 11.3 Å². The second kappa shape index (κ2) is 6.66. The molecular formula is C21H22N4O3S.